The van der Waals surface area contributed by atoms with Crippen LogP contribution >= 0.6 is 0 Å². The molecule has 170 valence electrons. The molecule has 0 saturated heterocycles. The Labute approximate surface area is 186 Å². The fourth-order valence-corrected chi connectivity index (χ4v) is 4.68. The van der Waals surface area contributed by atoms with Gasteiger partial charge in [-0.15, -0.1) is 0 Å². The minimum atomic E-state index is -0.693. The van der Waals surface area contributed by atoms with Gasteiger partial charge in [-0.1, -0.05) is 0 Å². The maximum absolute atomic E-state index is 13.6. The number of hydrogen-bond acceptors (Lipinski definition) is 4. The van der Waals surface area contributed by atoms with Gasteiger partial charge in [0.1, 0.15) is 5.82 Å². The van der Waals surface area contributed by atoms with Crippen LogP contribution in [0.25, 0.3) is 0 Å². The molecule has 0 bridgehead atoms. The number of aryl methyl sites for hydroxylation is 1. The summed E-state index contributed by atoms with van der Waals surface area (Å²) in [5.74, 6) is -1.88. The summed E-state index contributed by atoms with van der Waals surface area (Å²) < 4.78 is 15.4. The van der Waals surface area contributed by atoms with E-state index in [0.29, 0.717) is 54.7 Å². The zero-order valence-electron chi connectivity index (χ0n) is 18.3. The van der Waals surface area contributed by atoms with E-state index in [0.717, 1.165) is 18.5 Å². The number of nitrogens with one attached hydrogen (secondary N) is 2. The van der Waals surface area contributed by atoms with Gasteiger partial charge in [-0.3, -0.25) is 14.4 Å². The average molecular weight is 442 g/mol. The van der Waals surface area contributed by atoms with Crippen LogP contribution in [0.15, 0.2) is 18.2 Å². The number of nitrogens with zero attached hydrogens (tertiary/aromatic N) is 1. The largest absolute Gasteiger partial charge is 0.393 e. The van der Waals surface area contributed by atoms with Gasteiger partial charge in [0.2, 0.25) is 0 Å². The SMILES string of the molecule is Cc1cc(NC(=O)c2c(C)c(C(=O)C(=O)NCC3CC(O)C3)n3c2CCCC3)ccc1F. The highest BCUT2D eigenvalue weighted by molar-refractivity contribution is 6.43. The molecule has 2 aliphatic rings. The highest BCUT2D eigenvalue weighted by Crippen LogP contribution is 2.30. The lowest BCUT2D eigenvalue weighted by Gasteiger charge is -2.31. The Kier molecular flexibility index (Phi) is 6.15. The van der Waals surface area contributed by atoms with E-state index in [4.69, 9.17) is 0 Å². The highest BCUT2D eigenvalue weighted by atomic mass is 19.1. The zero-order valence-corrected chi connectivity index (χ0v) is 18.3. The summed E-state index contributed by atoms with van der Waals surface area (Å²) in [6, 6.07) is 4.35. The van der Waals surface area contributed by atoms with E-state index in [1.165, 1.54) is 12.1 Å². The van der Waals surface area contributed by atoms with Crippen LogP contribution in [0.1, 0.15) is 63.4 Å². The van der Waals surface area contributed by atoms with Crippen LogP contribution in [-0.4, -0.2) is 39.9 Å². The Bertz CT molecular complexity index is 1090. The summed E-state index contributed by atoms with van der Waals surface area (Å²) in [5.41, 5.74) is 2.79. The third-order valence-electron chi connectivity index (χ3n) is 6.49. The minimum Gasteiger partial charge on any atom is -0.393 e. The van der Waals surface area contributed by atoms with E-state index in [2.05, 4.69) is 10.6 Å². The number of aliphatic hydroxyl groups excluding tert-OH is 1. The molecule has 4 rings (SSSR count). The number of fused-ring (bicyclic) bond motifs is 1. The van der Waals surface area contributed by atoms with Crippen LogP contribution in [0.2, 0.25) is 0 Å². The Balaban J connectivity index is 1.58. The maximum Gasteiger partial charge on any atom is 0.294 e. The molecule has 1 fully saturated rings. The molecule has 1 aromatic carbocycles. The van der Waals surface area contributed by atoms with Crippen molar-refractivity contribution in [3.63, 3.8) is 0 Å². The number of Topliss-reactive ketones (excluding diaryl/α,β-unsaturated/α-hetero) is 1. The van der Waals surface area contributed by atoms with Crippen molar-refractivity contribution in [1.82, 2.24) is 9.88 Å². The zero-order chi connectivity index (χ0) is 23.0. The fourth-order valence-electron chi connectivity index (χ4n) is 4.68. The number of carbonyl (C=O) groups excluding carboxylic acids is 3. The standard InChI is InChI=1S/C24H28FN3O4/c1-13-9-16(6-7-18(13)25)27-23(31)20-14(2)21(28-8-4-3-5-19(20)28)22(30)24(32)26-12-15-10-17(29)11-15/h6-7,9,15,17,29H,3-5,8,10-12H2,1-2H3,(H,26,32)(H,27,31). The van der Waals surface area contributed by atoms with Crippen molar-refractivity contribution in [2.24, 2.45) is 5.92 Å². The van der Waals surface area contributed by atoms with Crippen molar-refractivity contribution < 1.29 is 23.9 Å². The van der Waals surface area contributed by atoms with Crippen LogP contribution in [-0.2, 0) is 17.8 Å². The molecule has 0 atom stereocenters. The third-order valence-corrected chi connectivity index (χ3v) is 6.49. The summed E-state index contributed by atoms with van der Waals surface area (Å²) in [4.78, 5) is 38.8. The number of ketones is 1. The molecular formula is C24H28FN3O4. The second-order valence-corrected chi connectivity index (χ2v) is 8.85. The van der Waals surface area contributed by atoms with E-state index in [1.54, 1.807) is 24.5 Å². The summed E-state index contributed by atoms with van der Waals surface area (Å²) in [7, 11) is 0. The molecular weight excluding hydrogens is 413 g/mol. The third kappa shape index (κ3) is 4.19. The minimum absolute atomic E-state index is 0.185. The Morgan fingerprint density at radius 2 is 1.94 bits per heavy atom. The van der Waals surface area contributed by atoms with Gasteiger partial charge in [0.25, 0.3) is 17.6 Å². The molecule has 32 heavy (non-hydrogen) atoms. The predicted molar refractivity (Wildman–Crippen MR) is 117 cm³/mol. The van der Waals surface area contributed by atoms with Gasteiger partial charge >= 0.3 is 0 Å². The van der Waals surface area contributed by atoms with Crippen LogP contribution in [0.3, 0.4) is 0 Å². The predicted octanol–water partition coefficient (Wildman–Crippen LogP) is 2.90. The van der Waals surface area contributed by atoms with Gasteiger partial charge < -0.3 is 20.3 Å². The van der Waals surface area contributed by atoms with Gasteiger partial charge in [0.15, 0.2) is 0 Å². The van der Waals surface area contributed by atoms with Crippen molar-refractivity contribution in [2.45, 2.75) is 58.6 Å². The van der Waals surface area contributed by atoms with Crippen LogP contribution < -0.4 is 10.6 Å². The lowest BCUT2D eigenvalue weighted by Crippen LogP contribution is -2.41. The molecule has 1 aromatic heterocycles. The normalized spacial score (nSPS) is 19.6. The number of aliphatic hydroxyl groups is 1. The second kappa shape index (κ2) is 8.86. The lowest BCUT2D eigenvalue weighted by molar-refractivity contribution is -0.117. The lowest BCUT2D eigenvalue weighted by atomic mass is 9.82. The maximum atomic E-state index is 13.6. The van der Waals surface area contributed by atoms with Crippen molar-refractivity contribution in [1.29, 1.82) is 0 Å². The first-order valence-corrected chi connectivity index (χ1v) is 11.1. The van der Waals surface area contributed by atoms with Crippen LogP contribution in [0.4, 0.5) is 10.1 Å². The van der Waals surface area contributed by atoms with Gasteiger partial charge in [0, 0.05) is 24.5 Å². The summed E-state index contributed by atoms with van der Waals surface area (Å²) >= 11 is 0. The monoisotopic (exact) mass is 441 g/mol. The van der Waals surface area contributed by atoms with E-state index < -0.39 is 11.7 Å². The van der Waals surface area contributed by atoms with Crippen molar-refractivity contribution in [2.75, 3.05) is 11.9 Å². The number of aromatic nitrogens is 1. The summed E-state index contributed by atoms with van der Waals surface area (Å²) in [6.45, 7) is 4.24. The molecule has 2 aromatic rings. The molecule has 8 heteroatoms. The summed E-state index contributed by atoms with van der Waals surface area (Å²) in [6.07, 6.45) is 3.33. The Hall–Kier alpha value is -3.00. The number of halogens is 1. The number of hydrogen-bond donors (Lipinski definition) is 3. The van der Waals surface area contributed by atoms with Crippen molar-refractivity contribution >= 4 is 23.3 Å². The molecule has 2 heterocycles. The van der Waals surface area contributed by atoms with E-state index in [-0.39, 0.29) is 29.4 Å². The molecule has 1 saturated carbocycles. The van der Waals surface area contributed by atoms with Crippen molar-refractivity contribution in [3.8, 4) is 0 Å². The molecule has 7 nitrogen and oxygen atoms in total. The molecule has 2 amide bonds. The number of benzene rings is 1. The van der Waals surface area contributed by atoms with E-state index in [9.17, 15) is 23.9 Å². The van der Waals surface area contributed by atoms with Crippen molar-refractivity contribution in [3.05, 3.63) is 52.1 Å². The smallest absolute Gasteiger partial charge is 0.294 e. The van der Waals surface area contributed by atoms with Crippen LogP contribution in [0, 0.1) is 25.6 Å². The van der Waals surface area contributed by atoms with E-state index in [1.807, 2.05) is 0 Å². The van der Waals surface area contributed by atoms with E-state index >= 15 is 0 Å². The molecule has 3 N–H and O–H groups in total. The first-order valence-electron chi connectivity index (χ1n) is 11.1. The van der Waals surface area contributed by atoms with Gasteiger partial charge in [-0.25, -0.2) is 4.39 Å². The average Bonchev–Trinajstić information content (AvgIpc) is 3.04. The molecule has 0 spiro atoms. The quantitative estimate of drug-likeness (QED) is 0.474. The number of carbonyl (C=O) groups is 3. The highest BCUT2D eigenvalue weighted by Gasteiger charge is 2.33. The molecule has 1 aliphatic carbocycles. The van der Waals surface area contributed by atoms with Gasteiger partial charge in [0.05, 0.1) is 17.4 Å². The number of anilines is 1. The second-order valence-electron chi connectivity index (χ2n) is 8.85. The number of rotatable bonds is 6. The first kappa shape index (κ1) is 22.2. The summed E-state index contributed by atoms with van der Waals surface area (Å²) in [5, 5.41) is 14.9. The first-order chi connectivity index (χ1) is 15.3. The number of amides is 2. The Morgan fingerprint density at radius 1 is 1.19 bits per heavy atom. The fraction of sp³-hybridized carbons (Fsp3) is 0.458. The topological polar surface area (TPSA) is 100 Å². The molecule has 1 aliphatic heterocycles. The Morgan fingerprint density at radius 3 is 2.62 bits per heavy atom. The molecule has 0 unspecified atom stereocenters. The molecule has 0 radical (unpaired) electrons. The van der Waals surface area contributed by atoms with Crippen LogP contribution in [0.5, 0.6) is 0 Å². The van der Waals surface area contributed by atoms with Gasteiger partial charge in [-0.05, 0) is 81.2 Å². The van der Waals surface area contributed by atoms with Gasteiger partial charge in [-0.2, -0.15) is 0 Å².